The number of hydrogen-bond acceptors (Lipinski definition) is 6. The Morgan fingerprint density at radius 3 is 2.79 bits per heavy atom. The predicted octanol–water partition coefficient (Wildman–Crippen LogP) is 5.11. The third kappa shape index (κ3) is 3.47. The number of rotatable bonds is 4. The summed E-state index contributed by atoms with van der Waals surface area (Å²) in [5.41, 5.74) is 1.95. The lowest BCUT2D eigenvalue weighted by Gasteiger charge is -2.11. The summed E-state index contributed by atoms with van der Waals surface area (Å²) in [6, 6.07) is 13.7. The average molecular weight is 451 g/mol. The molecule has 2 aromatic carbocycles. The van der Waals surface area contributed by atoms with Crippen molar-refractivity contribution in [3.63, 3.8) is 0 Å². The topological polar surface area (TPSA) is 77.2 Å². The van der Waals surface area contributed by atoms with Crippen LogP contribution in [0.2, 0.25) is 0 Å². The smallest absolute Gasteiger partial charge is 0.167 e. The van der Waals surface area contributed by atoms with E-state index in [0.29, 0.717) is 22.9 Å². The van der Waals surface area contributed by atoms with Crippen molar-refractivity contribution in [1.82, 2.24) is 24.6 Å². The Kier molecular flexibility index (Phi) is 4.28. The van der Waals surface area contributed by atoms with Gasteiger partial charge in [-0.15, -0.1) is 0 Å². The molecule has 0 aliphatic heterocycles. The van der Waals surface area contributed by atoms with Crippen LogP contribution in [0.3, 0.4) is 0 Å². The van der Waals surface area contributed by atoms with Gasteiger partial charge in [0, 0.05) is 33.9 Å². The van der Waals surface area contributed by atoms with Crippen LogP contribution in [0.1, 0.15) is 0 Å². The van der Waals surface area contributed by atoms with Gasteiger partial charge in [-0.3, -0.25) is 0 Å². The SMILES string of the molecule is Fc1cc(Nc2ncnc3ccc(Br)cc23)ccc1Oc1ccn2ncnc2c1. The molecular formula is C20H12BrFN6O. The minimum atomic E-state index is -0.504. The molecule has 7 nitrogen and oxygen atoms in total. The molecule has 0 saturated carbocycles. The molecule has 0 aliphatic rings. The Labute approximate surface area is 172 Å². The van der Waals surface area contributed by atoms with E-state index in [1.165, 1.54) is 18.7 Å². The Morgan fingerprint density at radius 2 is 1.90 bits per heavy atom. The van der Waals surface area contributed by atoms with Crippen molar-refractivity contribution in [2.45, 2.75) is 0 Å². The van der Waals surface area contributed by atoms with Crippen molar-refractivity contribution in [2.24, 2.45) is 0 Å². The molecule has 0 saturated heterocycles. The van der Waals surface area contributed by atoms with E-state index in [2.05, 4.69) is 41.3 Å². The number of aromatic nitrogens is 5. The molecule has 3 heterocycles. The molecule has 29 heavy (non-hydrogen) atoms. The molecule has 1 N–H and O–H groups in total. The second-order valence-electron chi connectivity index (χ2n) is 6.18. The summed E-state index contributed by atoms with van der Waals surface area (Å²) < 4.78 is 22.8. The zero-order valence-electron chi connectivity index (χ0n) is 14.8. The van der Waals surface area contributed by atoms with Gasteiger partial charge in [0.25, 0.3) is 0 Å². The van der Waals surface area contributed by atoms with Gasteiger partial charge in [-0.25, -0.2) is 23.9 Å². The van der Waals surface area contributed by atoms with Crippen LogP contribution in [0.25, 0.3) is 16.6 Å². The van der Waals surface area contributed by atoms with Crippen LogP contribution in [-0.4, -0.2) is 24.6 Å². The fourth-order valence-corrected chi connectivity index (χ4v) is 3.27. The van der Waals surface area contributed by atoms with Crippen molar-refractivity contribution in [3.8, 4) is 11.5 Å². The van der Waals surface area contributed by atoms with Gasteiger partial charge >= 0.3 is 0 Å². The summed E-state index contributed by atoms with van der Waals surface area (Å²) >= 11 is 3.45. The van der Waals surface area contributed by atoms with E-state index in [9.17, 15) is 4.39 Å². The van der Waals surface area contributed by atoms with E-state index in [0.717, 1.165) is 15.4 Å². The van der Waals surface area contributed by atoms with Crippen LogP contribution in [0.4, 0.5) is 15.9 Å². The quantitative estimate of drug-likeness (QED) is 0.409. The van der Waals surface area contributed by atoms with Crippen molar-refractivity contribution in [2.75, 3.05) is 5.32 Å². The number of hydrogen-bond donors (Lipinski definition) is 1. The molecular weight excluding hydrogens is 439 g/mol. The molecule has 3 aromatic heterocycles. The molecule has 142 valence electrons. The van der Waals surface area contributed by atoms with E-state index in [4.69, 9.17) is 4.74 Å². The Hall–Kier alpha value is -3.59. The second-order valence-corrected chi connectivity index (χ2v) is 7.10. The number of benzene rings is 2. The zero-order chi connectivity index (χ0) is 19.8. The van der Waals surface area contributed by atoms with Crippen molar-refractivity contribution < 1.29 is 9.13 Å². The number of nitrogens with one attached hydrogen (secondary N) is 1. The molecule has 0 bridgehead atoms. The maximum atomic E-state index is 14.6. The number of ether oxygens (including phenoxy) is 1. The first-order chi connectivity index (χ1) is 14.2. The van der Waals surface area contributed by atoms with Gasteiger partial charge in [-0.2, -0.15) is 5.10 Å². The highest BCUT2D eigenvalue weighted by atomic mass is 79.9. The molecule has 9 heteroatoms. The van der Waals surface area contributed by atoms with E-state index in [-0.39, 0.29) is 5.75 Å². The van der Waals surface area contributed by atoms with Crippen LogP contribution < -0.4 is 10.1 Å². The first-order valence-electron chi connectivity index (χ1n) is 8.60. The van der Waals surface area contributed by atoms with Crippen LogP contribution in [-0.2, 0) is 0 Å². The Morgan fingerprint density at radius 1 is 0.966 bits per heavy atom. The highest BCUT2D eigenvalue weighted by molar-refractivity contribution is 9.10. The largest absolute Gasteiger partial charge is 0.454 e. The Bertz CT molecular complexity index is 1360. The van der Waals surface area contributed by atoms with Gasteiger partial charge in [-0.1, -0.05) is 15.9 Å². The number of nitrogens with zero attached hydrogens (tertiary/aromatic N) is 5. The molecule has 0 spiro atoms. The lowest BCUT2D eigenvalue weighted by atomic mass is 10.2. The van der Waals surface area contributed by atoms with Crippen LogP contribution in [0.5, 0.6) is 11.5 Å². The lowest BCUT2D eigenvalue weighted by Crippen LogP contribution is -1.97. The number of fused-ring (bicyclic) bond motifs is 2. The third-order valence-corrected chi connectivity index (χ3v) is 4.77. The van der Waals surface area contributed by atoms with Gasteiger partial charge < -0.3 is 10.1 Å². The van der Waals surface area contributed by atoms with Gasteiger partial charge in [0.1, 0.15) is 24.2 Å². The monoisotopic (exact) mass is 450 g/mol. The Balaban J connectivity index is 1.42. The van der Waals surface area contributed by atoms with Gasteiger partial charge in [0.05, 0.1) is 5.52 Å². The van der Waals surface area contributed by atoms with Crippen LogP contribution in [0, 0.1) is 5.82 Å². The number of pyridine rings is 1. The van der Waals surface area contributed by atoms with Gasteiger partial charge in [-0.05, 0) is 36.4 Å². The minimum absolute atomic E-state index is 0.106. The first-order valence-corrected chi connectivity index (χ1v) is 9.39. The average Bonchev–Trinajstić information content (AvgIpc) is 3.18. The normalized spacial score (nSPS) is 11.1. The van der Waals surface area contributed by atoms with Crippen molar-refractivity contribution >= 4 is 44.0 Å². The van der Waals surface area contributed by atoms with Gasteiger partial charge in [0.2, 0.25) is 0 Å². The summed E-state index contributed by atoms with van der Waals surface area (Å²) in [7, 11) is 0. The summed E-state index contributed by atoms with van der Waals surface area (Å²) in [4.78, 5) is 12.6. The first kappa shape index (κ1) is 17.5. The van der Waals surface area contributed by atoms with Gasteiger partial charge in [0.15, 0.2) is 17.2 Å². The second kappa shape index (κ2) is 7.10. The van der Waals surface area contributed by atoms with Crippen molar-refractivity contribution in [1.29, 1.82) is 0 Å². The molecule has 0 amide bonds. The summed E-state index contributed by atoms with van der Waals surface area (Å²) in [5.74, 6) is 0.656. The van der Waals surface area contributed by atoms with E-state index < -0.39 is 5.82 Å². The minimum Gasteiger partial charge on any atom is -0.454 e. The molecule has 0 aliphatic carbocycles. The fraction of sp³-hybridized carbons (Fsp3) is 0. The third-order valence-electron chi connectivity index (χ3n) is 4.27. The highest BCUT2D eigenvalue weighted by Gasteiger charge is 2.10. The maximum Gasteiger partial charge on any atom is 0.167 e. The van der Waals surface area contributed by atoms with Crippen molar-refractivity contribution in [3.05, 3.63) is 77.7 Å². The van der Waals surface area contributed by atoms with Crippen LogP contribution >= 0.6 is 15.9 Å². The van der Waals surface area contributed by atoms with E-state index in [1.54, 1.807) is 35.0 Å². The predicted molar refractivity (Wildman–Crippen MR) is 110 cm³/mol. The summed E-state index contributed by atoms with van der Waals surface area (Å²) in [6.07, 6.45) is 4.60. The van der Waals surface area contributed by atoms with Crippen LogP contribution in [0.15, 0.2) is 71.9 Å². The molecule has 5 rings (SSSR count). The summed E-state index contributed by atoms with van der Waals surface area (Å²) in [5, 5.41) is 7.98. The maximum absolute atomic E-state index is 14.6. The van der Waals surface area contributed by atoms with E-state index >= 15 is 0 Å². The molecule has 0 fully saturated rings. The molecule has 0 atom stereocenters. The summed E-state index contributed by atoms with van der Waals surface area (Å²) in [6.45, 7) is 0. The fourth-order valence-electron chi connectivity index (χ4n) is 2.91. The molecule has 5 aromatic rings. The number of anilines is 2. The zero-order valence-corrected chi connectivity index (χ0v) is 16.3. The number of halogens is 2. The molecule has 0 radical (unpaired) electrons. The highest BCUT2D eigenvalue weighted by Crippen LogP contribution is 2.30. The standard InChI is InChI=1S/C20H12BrFN6O/c21-12-1-3-17-15(7-12)20(25-10-23-17)27-13-2-4-18(16(22)8-13)29-14-5-6-28-19(9-14)24-11-26-28/h1-11H,(H,23,25,27). The lowest BCUT2D eigenvalue weighted by molar-refractivity contribution is 0.442. The molecule has 0 unspecified atom stereocenters. The van der Waals surface area contributed by atoms with E-state index in [1.807, 2.05) is 18.2 Å².